The van der Waals surface area contributed by atoms with E-state index >= 15 is 0 Å². The first-order valence-electron chi connectivity index (χ1n) is 7.53. The van der Waals surface area contributed by atoms with E-state index in [0.29, 0.717) is 6.04 Å². The number of fused-ring (bicyclic) bond motifs is 1. The molecule has 0 radical (unpaired) electrons. The first-order chi connectivity index (χ1) is 9.80. The van der Waals surface area contributed by atoms with E-state index in [1.54, 1.807) is 0 Å². The molecule has 0 saturated carbocycles. The highest BCUT2D eigenvalue weighted by Crippen LogP contribution is 2.24. The molecule has 0 fully saturated rings. The Balaban J connectivity index is 2.21. The van der Waals surface area contributed by atoms with Gasteiger partial charge in [-0.1, -0.05) is 38.1 Å². The number of aromatic nitrogens is 1. The summed E-state index contributed by atoms with van der Waals surface area (Å²) in [5.74, 6) is 0. The van der Waals surface area contributed by atoms with Crippen LogP contribution in [-0.4, -0.2) is 36.6 Å². The minimum absolute atomic E-state index is 0.356. The van der Waals surface area contributed by atoms with Crippen molar-refractivity contribution in [2.75, 3.05) is 26.7 Å². The predicted molar refractivity (Wildman–Crippen MR) is 85.9 cm³/mol. The highest BCUT2D eigenvalue weighted by atomic mass is 15.1. The van der Waals surface area contributed by atoms with Crippen LogP contribution in [0.5, 0.6) is 0 Å². The van der Waals surface area contributed by atoms with E-state index in [0.717, 1.165) is 31.6 Å². The molecule has 0 aliphatic carbocycles. The van der Waals surface area contributed by atoms with Gasteiger partial charge in [0.2, 0.25) is 0 Å². The molecule has 1 aromatic carbocycles. The van der Waals surface area contributed by atoms with E-state index < -0.39 is 0 Å². The van der Waals surface area contributed by atoms with Gasteiger partial charge in [-0.3, -0.25) is 4.98 Å². The van der Waals surface area contributed by atoms with E-state index in [1.165, 1.54) is 10.9 Å². The van der Waals surface area contributed by atoms with Crippen LogP contribution < -0.4 is 5.32 Å². The van der Waals surface area contributed by atoms with Crippen LogP contribution in [0, 0.1) is 0 Å². The van der Waals surface area contributed by atoms with Crippen LogP contribution in [0.25, 0.3) is 10.9 Å². The van der Waals surface area contributed by atoms with Crippen molar-refractivity contribution in [3.05, 3.63) is 42.1 Å². The summed E-state index contributed by atoms with van der Waals surface area (Å²) in [5.41, 5.74) is 2.42. The van der Waals surface area contributed by atoms with Crippen molar-refractivity contribution in [2.24, 2.45) is 0 Å². The maximum absolute atomic E-state index is 4.56. The Bertz CT molecular complexity index is 529. The largest absolute Gasteiger partial charge is 0.313 e. The Morgan fingerprint density at radius 2 is 1.90 bits per heavy atom. The van der Waals surface area contributed by atoms with Crippen LogP contribution in [0.1, 0.15) is 31.9 Å². The molecular weight excluding hydrogens is 246 g/mol. The topological polar surface area (TPSA) is 28.2 Å². The molecule has 20 heavy (non-hydrogen) atoms. The molecular formula is C17H25N3. The fraction of sp³-hybridized carbons (Fsp3) is 0.471. The summed E-state index contributed by atoms with van der Waals surface area (Å²) >= 11 is 0. The summed E-state index contributed by atoms with van der Waals surface area (Å²) in [6.45, 7) is 7.78. The van der Waals surface area contributed by atoms with Gasteiger partial charge in [0, 0.05) is 17.6 Å². The Morgan fingerprint density at radius 1 is 1.15 bits per heavy atom. The van der Waals surface area contributed by atoms with Crippen LogP contribution in [0.3, 0.4) is 0 Å². The second-order valence-corrected chi connectivity index (χ2v) is 5.08. The molecule has 0 aliphatic heterocycles. The van der Waals surface area contributed by atoms with E-state index in [4.69, 9.17) is 0 Å². The van der Waals surface area contributed by atoms with Gasteiger partial charge in [-0.2, -0.15) is 0 Å². The number of nitrogens with zero attached hydrogens (tertiary/aromatic N) is 2. The highest BCUT2D eigenvalue weighted by molar-refractivity contribution is 5.81. The number of benzene rings is 1. The van der Waals surface area contributed by atoms with Crippen molar-refractivity contribution in [3.8, 4) is 0 Å². The third-order valence-corrected chi connectivity index (χ3v) is 4.02. The van der Waals surface area contributed by atoms with Gasteiger partial charge in [0.05, 0.1) is 5.52 Å². The van der Waals surface area contributed by atoms with Crippen molar-refractivity contribution in [2.45, 2.75) is 26.3 Å². The number of nitrogens with one attached hydrogen (secondary N) is 1. The summed E-state index contributed by atoms with van der Waals surface area (Å²) in [5, 5.41) is 4.66. The van der Waals surface area contributed by atoms with Crippen LogP contribution in [-0.2, 0) is 0 Å². The summed E-state index contributed by atoms with van der Waals surface area (Å²) < 4.78 is 0. The van der Waals surface area contributed by atoms with Crippen molar-refractivity contribution in [1.29, 1.82) is 0 Å². The lowest BCUT2D eigenvalue weighted by atomic mass is 10.00. The first-order valence-corrected chi connectivity index (χ1v) is 7.53. The fourth-order valence-electron chi connectivity index (χ4n) is 2.72. The third-order valence-electron chi connectivity index (χ3n) is 4.02. The first kappa shape index (κ1) is 14.9. The summed E-state index contributed by atoms with van der Waals surface area (Å²) in [4.78, 5) is 7.03. The van der Waals surface area contributed by atoms with Gasteiger partial charge in [-0.05, 0) is 44.7 Å². The number of pyridine rings is 1. The normalized spacial score (nSPS) is 13.0. The molecule has 1 unspecified atom stereocenters. The molecule has 2 rings (SSSR count). The number of rotatable bonds is 7. The Morgan fingerprint density at radius 3 is 2.60 bits per heavy atom. The van der Waals surface area contributed by atoms with Crippen LogP contribution in [0.4, 0.5) is 0 Å². The molecule has 3 nitrogen and oxygen atoms in total. The van der Waals surface area contributed by atoms with Gasteiger partial charge in [0.25, 0.3) is 0 Å². The predicted octanol–water partition coefficient (Wildman–Crippen LogP) is 3.23. The number of hydrogen-bond acceptors (Lipinski definition) is 3. The summed E-state index contributed by atoms with van der Waals surface area (Å²) in [6.07, 6.45) is 2.98. The Hall–Kier alpha value is -1.45. The van der Waals surface area contributed by atoms with Gasteiger partial charge in [0.15, 0.2) is 0 Å². The average Bonchev–Trinajstić information content (AvgIpc) is 2.51. The summed E-state index contributed by atoms with van der Waals surface area (Å²) in [6, 6.07) is 10.9. The smallest absolute Gasteiger partial charge is 0.0749 e. The molecule has 1 N–H and O–H groups in total. The van der Waals surface area contributed by atoms with E-state index in [1.807, 2.05) is 19.3 Å². The zero-order valence-electron chi connectivity index (χ0n) is 12.8. The minimum Gasteiger partial charge on any atom is -0.313 e. The Kier molecular flexibility index (Phi) is 5.50. The molecule has 0 spiro atoms. The highest BCUT2D eigenvalue weighted by Gasteiger charge is 2.14. The molecule has 1 atom stereocenters. The van der Waals surface area contributed by atoms with Gasteiger partial charge < -0.3 is 10.2 Å². The van der Waals surface area contributed by atoms with Crippen molar-refractivity contribution >= 4 is 10.9 Å². The second kappa shape index (κ2) is 7.36. The molecule has 1 heterocycles. The monoisotopic (exact) mass is 271 g/mol. The van der Waals surface area contributed by atoms with E-state index in [-0.39, 0.29) is 0 Å². The Labute approximate surface area is 122 Å². The zero-order chi connectivity index (χ0) is 14.4. The molecule has 3 heteroatoms. The van der Waals surface area contributed by atoms with E-state index in [9.17, 15) is 0 Å². The quantitative estimate of drug-likeness (QED) is 0.838. The number of para-hydroxylation sites is 1. The lowest BCUT2D eigenvalue weighted by molar-refractivity contribution is 0.285. The molecule has 0 amide bonds. The van der Waals surface area contributed by atoms with Crippen LogP contribution >= 0.6 is 0 Å². The molecule has 0 saturated heterocycles. The van der Waals surface area contributed by atoms with Gasteiger partial charge in [-0.15, -0.1) is 0 Å². The SMILES string of the molecule is CCN(CC)CCC(NC)c1cccc2cccnc12. The van der Waals surface area contributed by atoms with Crippen molar-refractivity contribution in [1.82, 2.24) is 15.2 Å². The molecule has 2 aromatic rings. The second-order valence-electron chi connectivity index (χ2n) is 5.08. The summed E-state index contributed by atoms with van der Waals surface area (Å²) in [7, 11) is 2.04. The molecule has 108 valence electrons. The standard InChI is InChI=1S/C17H25N3/c1-4-20(5-2)13-11-16(18-3)15-10-6-8-14-9-7-12-19-17(14)15/h6-10,12,16,18H,4-5,11,13H2,1-3H3. The van der Waals surface area contributed by atoms with Gasteiger partial charge in [-0.25, -0.2) is 0 Å². The number of hydrogen-bond donors (Lipinski definition) is 1. The molecule has 0 bridgehead atoms. The van der Waals surface area contributed by atoms with E-state index in [2.05, 4.69) is 53.3 Å². The lowest BCUT2D eigenvalue weighted by Crippen LogP contribution is -2.28. The average molecular weight is 271 g/mol. The lowest BCUT2D eigenvalue weighted by Gasteiger charge is -2.23. The molecule has 1 aromatic heterocycles. The maximum Gasteiger partial charge on any atom is 0.0749 e. The van der Waals surface area contributed by atoms with Gasteiger partial charge in [0.1, 0.15) is 0 Å². The van der Waals surface area contributed by atoms with Crippen LogP contribution in [0.2, 0.25) is 0 Å². The maximum atomic E-state index is 4.56. The van der Waals surface area contributed by atoms with Gasteiger partial charge >= 0.3 is 0 Å². The third kappa shape index (κ3) is 3.35. The van der Waals surface area contributed by atoms with Crippen molar-refractivity contribution in [3.63, 3.8) is 0 Å². The zero-order valence-corrected chi connectivity index (χ0v) is 12.8. The van der Waals surface area contributed by atoms with Crippen molar-refractivity contribution < 1.29 is 0 Å². The van der Waals surface area contributed by atoms with Crippen LogP contribution in [0.15, 0.2) is 36.5 Å². The minimum atomic E-state index is 0.356. The molecule has 0 aliphatic rings. The fourth-order valence-corrected chi connectivity index (χ4v) is 2.72.